The summed E-state index contributed by atoms with van der Waals surface area (Å²) in [6.07, 6.45) is 0.0694. The highest BCUT2D eigenvalue weighted by Crippen LogP contribution is 2.03. The lowest BCUT2D eigenvalue weighted by atomic mass is 10.1. The van der Waals surface area contributed by atoms with Gasteiger partial charge in [-0.05, 0) is 20.8 Å². The lowest BCUT2D eigenvalue weighted by Crippen LogP contribution is -2.16. The van der Waals surface area contributed by atoms with Gasteiger partial charge in [-0.2, -0.15) is 5.26 Å². The molecule has 2 nitrogen and oxygen atoms in total. The zero-order chi connectivity index (χ0) is 7.28. The Morgan fingerprint density at radius 1 is 1.56 bits per heavy atom. The van der Waals surface area contributed by atoms with Crippen LogP contribution in [0.1, 0.15) is 20.8 Å². The minimum Gasteiger partial charge on any atom is -0.377 e. The molecule has 0 N–H and O–H groups in total. The van der Waals surface area contributed by atoms with Crippen molar-refractivity contribution in [1.82, 2.24) is 0 Å². The molecule has 0 aromatic carbocycles. The van der Waals surface area contributed by atoms with Gasteiger partial charge in [0, 0.05) is 6.61 Å². The maximum Gasteiger partial charge on any atom is 0.0702 e. The average Bonchev–Trinajstić information content (AvgIpc) is 1.87. The van der Waals surface area contributed by atoms with E-state index in [1.165, 1.54) is 0 Å². The summed E-state index contributed by atoms with van der Waals surface area (Å²) in [6.45, 7) is 6.39. The second kappa shape index (κ2) is 4.34. The molecule has 0 radical (unpaired) electrons. The molecule has 0 aliphatic carbocycles. The number of rotatable bonds is 3. The standard InChI is InChI=1S/C7H13NO/c1-4-9-7(3)6(2)5-8/h6-7H,4H2,1-3H3. The molecule has 2 heteroatoms. The van der Waals surface area contributed by atoms with E-state index < -0.39 is 0 Å². The number of hydrogen-bond donors (Lipinski definition) is 0. The van der Waals surface area contributed by atoms with Gasteiger partial charge >= 0.3 is 0 Å². The molecule has 9 heavy (non-hydrogen) atoms. The average molecular weight is 127 g/mol. The number of nitriles is 1. The third-order valence-electron chi connectivity index (χ3n) is 1.34. The minimum atomic E-state index is 0.00458. The lowest BCUT2D eigenvalue weighted by molar-refractivity contribution is 0.0542. The van der Waals surface area contributed by atoms with Crippen molar-refractivity contribution in [1.29, 1.82) is 5.26 Å². The molecule has 0 bridgehead atoms. The number of hydrogen-bond acceptors (Lipinski definition) is 2. The molecule has 0 saturated carbocycles. The van der Waals surface area contributed by atoms with Crippen LogP contribution in [0, 0.1) is 17.2 Å². The van der Waals surface area contributed by atoms with Gasteiger partial charge in [-0.1, -0.05) is 0 Å². The molecular weight excluding hydrogens is 114 g/mol. The minimum absolute atomic E-state index is 0.00458. The predicted molar refractivity (Wildman–Crippen MR) is 35.9 cm³/mol. The number of nitrogens with zero attached hydrogens (tertiary/aromatic N) is 1. The second-order valence-corrected chi connectivity index (χ2v) is 2.08. The van der Waals surface area contributed by atoms with Gasteiger partial charge in [-0.15, -0.1) is 0 Å². The van der Waals surface area contributed by atoms with Crippen LogP contribution in [0.2, 0.25) is 0 Å². The van der Waals surface area contributed by atoms with Crippen LogP contribution >= 0.6 is 0 Å². The largest absolute Gasteiger partial charge is 0.377 e. The molecule has 0 aromatic heterocycles. The molecule has 0 aromatic rings. The Balaban J connectivity index is 3.48. The van der Waals surface area contributed by atoms with E-state index in [0.717, 1.165) is 0 Å². The van der Waals surface area contributed by atoms with E-state index in [4.69, 9.17) is 10.00 Å². The molecule has 2 unspecified atom stereocenters. The van der Waals surface area contributed by atoms with Gasteiger partial charge in [0.2, 0.25) is 0 Å². The molecule has 0 aliphatic heterocycles. The van der Waals surface area contributed by atoms with Gasteiger partial charge in [0.05, 0.1) is 18.1 Å². The topological polar surface area (TPSA) is 33.0 Å². The summed E-state index contributed by atoms with van der Waals surface area (Å²) in [7, 11) is 0. The highest BCUT2D eigenvalue weighted by atomic mass is 16.5. The third kappa shape index (κ3) is 3.10. The first kappa shape index (κ1) is 8.45. The van der Waals surface area contributed by atoms with Crippen molar-refractivity contribution in [3.05, 3.63) is 0 Å². The molecular formula is C7H13NO. The van der Waals surface area contributed by atoms with E-state index in [9.17, 15) is 0 Å². The van der Waals surface area contributed by atoms with E-state index in [2.05, 4.69) is 6.07 Å². The summed E-state index contributed by atoms with van der Waals surface area (Å²) in [6, 6.07) is 2.12. The first-order chi connectivity index (χ1) is 4.22. The zero-order valence-corrected chi connectivity index (χ0v) is 6.22. The smallest absolute Gasteiger partial charge is 0.0702 e. The van der Waals surface area contributed by atoms with E-state index in [0.29, 0.717) is 6.61 Å². The summed E-state index contributed by atoms with van der Waals surface area (Å²) in [5.74, 6) is 0.00458. The summed E-state index contributed by atoms with van der Waals surface area (Å²) in [5.41, 5.74) is 0. The monoisotopic (exact) mass is 127 g/mol. The quantitative estimate of drug-likeness (QED) is 0.576. The highest BCUT2D eigenvalue weighted by Gasteiger charge is 2.09. The maximum atomic E-state index is 8.40. The van der Waals surface area contributed by atoms with Crippen LogP contribution in [0.25, 0.3) is 0 Å². The molecule has 0 heterocycles. The van der Waals surface area contributed by atoms with Crippen molar-refractivity contribution in [2.75, 3.05) is 6.61 Å². The Morgan fingerprint density at radius 3 is 2.44 bits per heavy atom. The fraction of sp³-hybridized carbons (Fsp3) is 0.857. The summed E-state index contributed by atoms with van der Waals surface area (Å²) < 4.78 is 5.17. The van der Waals surface area contributed by atoms with Gasteiger partial charge in [0.15, 0.2) is 0 Å². The molecule has 2 atom stereocenters. The summed E-state index contributed by atoms with van der Waals surface area (Å²) in [5, 5.41) is 8.40. The van der Waals surface area contributed by atoms with Crippen molar-refractivity contribution in [3.63, 3.8) is 0 Å². The summed E-state index contributed by atoms with van der Waals surface area (Å²) in [4.78, 5) is 0. The zero-order valence-electron chi connectivity index (χ0n) is 6.22. The van der Waals surface area contributed by atoms with Crippen LogP contribution in [-0.2, 0) is 4.74 Å². The van der Waals surface area contributed by atoms with Crippen molar-refractivity contribution >= 4 is 0 Å². The Kier molecular flexibility index (Phi) is 4.08. The summed E-state index contributed by atoms with van der Waals surface area (Å²) >= 11 is 0. The van der Waals surface area contributed by atoms with Crippen LogP contribution in [0.5, 0.6) is 0 Å². The number of ether oxygens (including phenoxy) is 1. The van der Waals surface area contributed by atoms with E-state index >= 15 is 0 Å². The first-order valence-electron chi connectivity index (χ1n) is 3.23. The van der Waals surface area contributed by atoms with Crippen LogP contribution in [-0.4, -0.2) is 12.7 Å². The van der Waals surface area contributed by atoms with Gasteiger partial charge in [-0.3, -0.25) is 0 Å². The SMILES string of the molecule is CCOC(C)C(C)C#N. The Morgan fingerprint density at radius 2 is 2.11 bits per heavy atom. The molecule has 0 spiro atoms. The van der Waals surface area contributed by atoms with Gasteiger partial charge in [0.25, 0.3) is 0 Å². The Bertz CT molecular complexity index is 106. The molecule has 52 valence electrons. The molecule has 0 saturated heterocycles. The normalized spacial score (nSPS) is 16.2. The van der Waals surface area contributed by atoms with Crippen molar-refractivity contribution in [2.24, 2.45) is 5.92 Å². The van der Waals surface area contributed by atoms with E-state index in [1.54, 1.807) is 0 Å². The third-order valence-corrected chi connectivity index (χ3v) is 1.34. The van der Waals surface area contributed by atoms with Crippen LogP contribution < -0.4 is 0 Å². The fourth-order valence-electron chi connectivity index (χ4n) is 0.512. The highest BCUT2D eigenvalue weighted by molar-refractivity contribution is 4.82. The van der Waals surface area contributed by atoms with E-state index in [1.807, 2.05) is 20.8 Å². The molecule has 0 aliphatic rings. The fourth-order valence-corrected chi connectivity index (χ4v) is 0.512. The van der Waals surface area contributed by atoms with Gasteiger partial charge in [0.1, 0.15) is 0 Å². The molecule has 0 rings (SSSR count). The van der Waals surface area contributed by atoms with Crippen LogP contribution in [0.15, 0.2) is 0 Å². The van der Waals surface area contributed by atoms with Crippen molar-refractivity contribution < 1.29 is 4.74 Å². The van der Waals surface area contributed by atoms with Gasteiger partial charge in [-0.25, -0.2) is 0 Å². The van der Waals surface area contributed by atoms with E-state index in [-0.39, 0.29) is 12.0 Å². The van der Waals surface area contributed by atoms with Crippen molar-refractivity contribution in [2.45, 2.75) is 26.9 Å². The predicted octanol–water partition coefficient (Wildman–Crippen LogP) is 1.57. The van der Waals surface area contributed by atoms with Crippen LogP contribution in [0.3, 0.4) is 0 Å². The Hall–Kier alpha value is -0.550. The second-order valence-electron chi connectivity index (χ2n) is 2.08. The van der Waals surface area contributed by atoms with Crippen molar-refractivity contribution in [3.8, 4) is 6.07 Å². The van der Waals surface area contributed by atoms with Crippen LogP contribution in [0.4, 0.5) is 0 Å². The molecule has 0 fully saturated rings. The maximum absolute atomic E-state index is 8.40. The molecule has 0 amide bonds. The lowest BCUT2D eigenvalue weighted by Gasteiger charge is -2.11. The first-order valence-corrected chi connectivity index (χ1v) is 3.23. The Labute approximate surface area is 56.4 Å². The van der Waals surface area contributed by atoms with Gasteiger partial charge < -0.3 is 4.74 Å².